The quantitative estimate of drug-likeness (QED) is 0.414. The highest BCUT2D eigenvalue weighted by molar-refractivity contribution is 7.98. The van der Waals surface area contributed by atoms with Crippen LogP contribution in [0.25, 0.3) is 11.1 Å². The van der Waals surface area contributed by atoms with Crippen molar-refractivity contribution in [3.63, 3.8) is 0 Å². The number of anilines is 1. The Balaban J connectivity index is 1.43. The van der Waals surface area contributed by atoms with Crippen LogP contribution in [-0.2, 0) is 16.6 Å². The van der Waals surface area contributed by atoms with Gasteiger partial charge in [0.15, 0.2) is 5.69 Å². The summed E-state index contributed by atoms with van der Waals surface area (Å²) in [6.45, 7) is 0.122. The number of rotatable bonds is 9. The number of hydrogen-bond donors (Lipinski definition) is 3. The normalized spacial score (nSPS) is 13.0. The molecule has 0 unspecified atom stereocenters. The van der Waals surface area contributed by atoms with Crippen molar-refractivity contribution in [1.29, 1.82) is 0 Å². The van der Waals surface area contributed by atoms with Crippen molar-refractivity contribution >= 4 is 35.4 Å². The maximum Gasteiger partial charge on any atom is 0.411 e. The zero-order chi connectivity index (χ0) is 24.9. The summed E-state index contributed by atoms with van der Waals surface area (Å²) in [5, 5.41) is 18.5. The standard InChI is InChI=1S/C25H26N4O5S/c1-29-13-21(22(28-29)23(30)26-20(24(31)32)11-12-35-2)27-25(33)34-14-19-17-9-5-3-7-15(17)16-8-4-6-10-18(16)19/h3-10,13,19-20H,11-12,14H2,1-2H3,(H,26,30)(H,27,33)(H,31,32)/t20-/m1/s1. The van der Waals surface area contributed by atoms with E-state index in [1.807, 2.05) is 42.7 Å². The Kier molecular flexibility index (Phi) is 7.40. The molecule has 0 saturated carbocycles. The van der Waals surface area contributed by atoms with Gasteiger partial charge in [-0.05, 0) is 40.7 Å². The maximum absolute atomic E-state index is 12.7. The zero-order valence-corrected chi connectivity index (χ0v) is 20.2. The second-order valence-electron chi connectivity index (χ2n) is 8.16. The fraction of sp³-hybridized carbons (Fsp3) is 0.280. The minimum absolute atomic E-state index is 0.0867. The van der Waals surface area contributed by atoms with Crippen LogP contribution in [0.1, 0.15) is 34.0 Å². The van der Waals surface area contributed by atoms with Crippen molar-refractivity contribution in [3.8, 4) is 11.1 Å². The molecule has 4 rings (SSSR count). The number of nitrogens with one attached hydrogen (secondary N) is 2. The lowest BCUT2D eigenvalue weighted by Gasteiger charge is -2.15. The van der Waals surface area contributed by atoms with Gasteiger partial charge in [0.05, 0.1) is 5.69 Å². The van der Waals surface area contributed by atoms with E-state index in [0.29, 0.717) is 5.75 Å². The zero-order valence-electron chi connectivity index (χ0n) is 19.4. The highest BCUT2D eigenvalue weighted by atomic mass is 32.2. The Bertz CT molecular complexity index is 1210. The molecule has 0 aliphatic heterocycles. The summed E-state index contributed by atoms with van der Waals surface area (Å²) < 4.78 is 6.91. The van der Waals surface area contributed by atoms with Crippen molar-refractivity contribution in [1.82, 2.24) is 15.1 Å². The molecule has 0 radical (unpaired) electrons. The smallest absolute Gasteiger partial charge is 0.411 e. The summed E-state index contributed by atoms with van der Waals surface area (Å²) in [6, 6.07) is 15.0. The Morgan fingerprint density at radius 2 is 1.74 bits per heavy atom. The lowest BCUT2D eigenvalue weighted by molar-refractivity contribution is -0.139. The van der Waals surface area contributed by atoms with E-state index in [2.05, 4.69) is 27.9 Å². The Morgan fingerprint density at radius 3 is 2.34 bits per heavy atom. The third kappa shape index (κ3) is 5.32. The molecule has 1 aromatic heterocycles. The SMILES string of the molecule is CSCC[C@@H](NC(=O)c1nn(C)cc1NC(=O)OCC1c2ccccc2-c2ccccc21)C(=O)O. The molecule has 10 heteroatoms. The van der Waals surface area contributed by atoms with Crippen LogP contribution in [0.15, 0.2) is 54.7 Å². The number of nitrogens with zero attached hydrogens (tertiary/aromatic N) is 2. The third-order valence-electron chi connectivity index (χ3n) is 5.84. The van der Waals surface area contributed by atoms with Crippen LogP contribution in [0.4, 0.5) is 10.5 Å². The number of fused-ring (bicyclic) bond motifs is 3. The van der Waals surface area contributed by atoms with Crippen molar-refractivity contribution < 1.29 is 24.2 Å². The highest BCUT2D eigenvalue weighted by Gasteiger charge is 2.29. The molecule has 1 heterocycles. The monoisotopic (exact) mass is 494 g/mol. The first kappa shape index (κ1) is 24.3. The van der Waals surface area contributed by atoms with E-state index in [0.717, 1.165) is 22.3 Å². The van der Waals surface area contributed by atoms with Gasteiger partial charge in [-0.25, -0.2) is 9.59 Å². The summed E-state index contributed by atoms with van der Waals surface area (Å²) >= 11 is 1.49. The topological polar surface area (TPSA) is 123 Å². The third-order valence-corrected chi connectivity index (χ3v) is 6.48. The predicted octanol–water partition coefficient (Wildman–Crippen LogP) is 3.72. The average molecular weight is 495 g/mol. The number of amides is 2. The predicted molar refractivity (Wildman–Crippen MR) is 134 cm³/mol. The number of carboxylic acid groups (broad SMARTS) is 1. The number of aliphatic carboxylic acids is 1. The number of aryl methyl sites for hydroxylation is 1. The number of benzene rings is 2. The molecule has 9 nitrogen and oxygen atoms in total. The number of carbonyl (C=O) groups excluding carboxylic acids is 2. The first-order valence-electron chi connectivity index (χ1n) is 11.1. The van der Waals surface area contributed by atoms with Crippen LogP contribution in [0.2, 0.25) is 0 Å². The van der Waals surface area contributed by atoms with Gasteiger partial charge in [0.2, 0.25) is 0 Å². The fourth-order valence-electron chi connectivity index (χ4n) is 4.21. The van der Waals surface area contributed by atoms with Gasteiger partial charge in [-0.2, -0.15) is 16.9 Å². The molecule has 0 fully saturated rings. The lowest BCUT2D eigenvalue weighted by Crippen LogP contribution is -2.41. The fourth-order valence-corrected chi connectivity index (χ4v) is 4.68. The van der Waals surface area contributed by atoms with Crippen molar-refractivity contribution in [3.05, 3.63) is 71.5 Å². The number of thioether (sulfide) groups is 1. The van der Waals surface area contributed by atoms with Crippen LogP contribution in [0, 0.1) is 0 Å². The molecular formula is C25H26N4O5S. The number of hydrogen-bond acceptors (Lipinski definition) is 6. The molecule has 3 aromatic rings. The van der Waals surface area contributed by atoms with Gasteiger partial charge in [0.1, 0.15) is 12.6 Å². The van der Waals surface area contributed by atoms with Crippen LogP contribution in [-0.4, -0.2) is 57.5 Å². The van der Waals surface area contributed by atoms with Crippen LogP contribution in [0.5, 0.6) is 0 Å². The highest BCUT2D eigenvalue weighted by Crippen LogP contribution is 2.44. The summed E-state index contributed by atoms with van der Waals surface area (Å²) in [4.78, 5) is 36.9. The second kappa shape index (κ2) is 10.6. The van der Waals surface area contributed by atoms with E-state index < -0.39 is 24.0 Å². The molecule has 1 atom stereocenters. The molecule has 0 spiro atoms. The van der Waals surface area contributed by atoms with E-state index in [-0.39, 0.29) is 30.3 Å². The number of ether oxygens (including phenoxy) is 1. The molecule has 0 bridgehead atoms. The van der Waals surface area contributed by atoms with Gasteiger partial charge in [-0.3, -0.25) is 14.8 Å². The maximum atomic E-state index is 12.7. The first-order valence-corrected chi connectivity index (χ1v) is 12.5. The molecule has 1 aliphatic carbocycles. The van der Waals surface area contributed by atoms with E-state index in [4.69, 9.17) is 4.74 Å². The molecule has 35 heavy (non-hydrogen) atoms. The Labute approximate surface area is 206 Å². The van der Waals surface area contributed by atoms with E-state index in [1.54, 1.807) is 7.05 Å². The minimum atomic E-state index is -1.13. The molecule has 0 saturated heterocycles. The molecule has 3 N–H and O–H groups in total. The van der Waals surface area contributed by atoms with Gasteiger partial charge in [0, 0.05) is 19.2 Å². The molecule has 2 amide bonds. The van der Waals surface area contributed by atoms with E-state index in [9.17, 15) is 19.5 Å². The number of carbonyl (C=O) groups is 3. The lowest BCUT2D eigenvalue weighted by atomic mass is 9.98. The van der Waals surface area contributed by atoms with Crippen LogP contribution < -0.4 is 10.6 Å². The van der Waals surface area contributed by atoms with E-state index >= 15 is 0 Å². The number of carboxylic acids is 1. The summed E-state index contributed by atoms with van der Waals surface area (Å²) in [7, 11) is 1.60. The van der Waals surface area contributed by atoms with Crippen molar-refractivity contribution in [2.45, 2.75) is 18.4 Å². The Morgan fingerprint density at radius 1 is 1.11 bits per heavy atom. The largest absolute Gasteiger partial charge is 0.480 e. The van der Waals surface area contributed by atoms with Gasteiger partial charge >= 0.3 is 12.1 Å². The first-order chi connectivity index (χ1) is 16.9. The van der Waals surface area contributed by atoms with Crippen LogP contribution >= 0.6 is 11.8 Å². The summed E-state index contributed by atoms with van der Waals surface area (Å²) in [5.41, 5.74) is 4.48. The summed E-state index contributed by atoms with van der Waals surface area (Å²) in [6.07, 6.45) is 2.86. The van der Waals surface area contributed by atoms with E-state index in [1.165, 1.54) is 22.6 Å². The van der Waals surface area contributed by atoms with Gasteiger partial charge < -0.3 is 15.2 Å². The Hall–Kier alpha value is -3.79. The van der Waals surface area contributed by atoms with Gasteiger partial charge in [0.25, 0.3) is 5.91 Å². The molecule has 182 valence electrons. The molecule has 1 aliphatic rings. The summed E-state index contributed by atoms with van der Waals surface area (Å²) in [5.74, 6) is -1.34. The van der Waals surface area contributed by atoms with Crippen molar-refractivity contribution in [2.24, 2.45) is 7.05 Å². The second-order valence-corrected chi connectivity index (χ2v) is 9.15. The number of aromatic nitrogens is 2. The minimum Gasteiger partial charge on any atom is -0.480 e. The van der Waals surface area contributed by atoms with Gasteiger partial charge in [-0.1, -0.05) is 48.5 Å². The van der Waals surface area contributed by atoms with Crippen LogP contribution in [0.3, 0.4) is 0 Å². The van der Waals surface area contributed by atoms with Crippen molar-refractivity contribution in [2.75, 3.05) is 23.9 Å². The molecule has 2 aromatic carbocycles. The molecular weight excluding hydrogens is 468 g/mol. The average Bonchev–Trinajstić information content (AvgIpc) is 3.37. The van der Waals surface area contributed by atoms with Gasteiger partial charge in [-0.15, -0.1) is 0 Å².